The van der Waals surface area contributed by atoms with E-state index in [1.165, 1.54) is 0 Å². The largest absolute Gasteiger partial charge is 0.294 e. The van der Waals surface area contributed by atoms with Crippen LogP contribution in [0.1, 0.15) is 29.8 Å². The molecule has 0 saturated carbocycles. The summed E-state index contributed by atoms with van der Waals surface area (Å²) in [6.07, 6.45) is 1.20. The quantitative estimate of drug-likeness (QED) is 0.206. The van der Waals surface area contributed by atoms with Crippen LogP contribution in [0.15, 0.2) is 5.16 Å². The van der Waals surface area contributed by atoms with E-state index in [2.05, 4.69) is 15.4 Å². The second kappa shape index (κ2) is 6.56. The van der Waals surface area contributed by atoms with Gasteiger partial charge in [0.25, 0.3) is 0 Å². The van der Waals surface area contributed by atoms with E-state index in [9.17, 15) is 4.79 Å². The molecule has 1 aromatic heterocycles. The Morgan fingerprint density at radius 2 is 1.88 bits per heavy atom. The van der Waals surface area contributed by atoms with Crippen LogP contribution in [0.3, 0.4) is 0 Å². The first-order valence-electron chi connectivity index (χ1n) is 5.48. The fraction of sp³-hybridized carbons (Fsp3) is 0.545. The highest BCUT2D eigenvalue weighted by atomic mass is 32.2. The van der Waals surface area contributed by atoms with E-state index in [1.54, 1.807) is 11.8 Å². The van der Waals surface area contributed by atoms with Crippen molar-refractivity contribution < 1.29 is 4.79 Å². The molecule has 0 spiro atoms. The summed E-state index contributed by atoms with van der Waals surface area (Å²) in [6, 6.07) is 0. The number of aryl methyl sites for hydroxylation is 2. The van der Waals surface area contributed by atoms with Crippen molar-refractivity contribution in [2.24, 2.45) is 5.84 Å². The molecule has 0 aromatic carbocycles. The lowest BCUT2D eigenvalue weighted by atomic mass is 10.2. The van der Waals surface area contributed by atoms with Crippen LogP contribution in [-0.2, 0) is 4.79 Å². The summed E-state index contributed by atoms with van der Waals surface area (Å²) in [6.45, 7) is 5.98. The molecule has 3 N–H and O–H groups in total. The van der Waals surface area contributed by atoms with Crippen LogP contribution in [0.5, 0.6) is 0 Å². The maximum Gasteiger partial charge on any atom is 0.233 e. The number of carbonyl (C=O) groups is 1. The van der Waals surface area contributed by atoms with Gasteiger partial charge in [-0.15, -0.1) is 0 Å². The summed E-state index contributed by atoms with van der Waals surface area (Å²) >= 11 is 1.57. The third kappa shape index (κ3) is 4.32. The molecule has 17 heavy (non-hydrogen) atoms. The molecule has 1 rings (SSSR count). The van der Waals surface area contributed by atoms with Gasteiger partial charge in [0.1, 0.15) is 0 Å². The minimum atomic E-state index is -0.136. The Bertz CT molecular complexity index is 385. The van der Waals surface area contributed by atoms with Crippen molar-refractivity contribution in [1.29, 1.82) is 0 Å². The summed E-state index contributed by atoms with van der Waals surface area (Å²) in [5.41, 5.74) is 5.27. The van der Waals surface area contributed by atoms with Gasteiger partial charge in [-0.2, -0.15) is 0 Å². The zero-order valence-corrected chi connectivity index (χ0v) is 11.2. The molecule has 0 radical (unpaired) electrons. The molecular weight excluding hydrogens is 236 g/mol. The lowest BCUT2D eigenvalue weighted by molar-refractivity contribution is -0.121. The molecule has 0 saturated heterocycles. The Balaban J connectivity index is 2.45. The van der Waals surface area contributed by atoms with Crippen molar-refractivity contribution in [2.45, 2.75) is 38.8 Å². The second-order valence-electron chi connectivity index (χ2n) is 3.82. The molecule has 0 aliphatic rings. The van der Waals surface area contributed by atoms with Gasteiger partial charge >= 0.3 is 0 Å². The Kier molecular flexibility index (Phi) is 5.37. The number of rotatable bonds is 5. The monoisotopic (exact) mass is 254 g/mol. The van der Waals surface area contributed by atoms with Crippen molar-refractivity contribution in [3.8, 4) is 0 Å². The number of thioether (sulfide) groups is 1. The molecule has 1 heterocycles. The zero-order chi connectivity index (χ0) is 12.8. The van der Waals surface area contributed by atoms with Crippen molar-refractivity contribution >= 4 is 17.7 Å². The van der Waals surface area contributed by atoms with Gasteiger partial charge < -0.3 is 0 Å². The summed E-state index contributed by atoms with van der Waals surface area (Å²) in [4.78, 5) is 19.7. The first kappa shape index (κ1) is 13.9. The van der Waals surface area contributed by atoms with Gasteiger partial charge in [0, 0.05) is 23.6 Å². The predicted octanol–water partition coefficient (Wildman–Crippen LogP) is 1.26. The van der Waals surface area contributed by atoms with E-state index in [0.717, 1.165) is 34.3 Å². The molecular formula is C11H18N4OS. The third-order valence-electron chi connectivity index (χ3n) is 2.55. The average molecular weight is 254 g/mol. The Morgan fingerprint density at radius 1 is 1.29 bits per heavy atom. The first-order chi connectivity index (χ1) is 8.04. The van der Waals surface area contributed by atoms with E-state index in [0.29, 0.717) is 6.42 Å². The Morgan fingerprint density at radius 3 is 2.41 bits per heavy atom. The molecule has 94 valence electrons. The molecule has 0 aliphatic carbocycles. The number of carbonyl (C=O) groups excluding carboxylic acids is 1. The van der Waals surface area contributed by atoms with Gasteiger partial charge in [0.15, 0.2) is 5.16 Å². The number of nitrogens with one attached hydrogen (secondary N) is 1. The first-order valence-corrected chi connectivity index (χ1v) is 6.47. The van der Waals surface area contributed by atoms with Gasteiger partial charge in [0.05, 0.1) is 0 Å². The van der Waals surface area contributed by atoms with Crippen molar-refractivity contribution in [3.05, 3.63) is 17.0 Å². The van der Waals surface area contributed by atoms with Gasteiger partial charge in [-0.3, -0.25) is 10.2 Å². The SMILES string of the molecule is Cc1nc(SCCCC(=O)NN)nc(C)c1C. The fourth-order valence-electron chi connectivity index (χ4n) is 1.27. The fourth-order valence-corrected chi connectivity index (χ4v) is 2.15. The van der Waals surface area contributed by atoms with Gasteiger partial charge in [-0.25, -0.2) is 15.8 Å². The van der Waals surface area contributed by atoms with E-state index >= 15 is 0 Å². The molecule has 0 aliphatic heterocycles. The lowest BCUT2D eigenvalue weighted by Crippen LogP contribution is -2.29. The molecule has 0 fully saturated rings. The molecule has 0 bridgehead atoms. The second-order valence-corrected chi connectivity index (χ2v) is 4.88. The van der Waals surface area contributed by atoms with Gasteiger partial charge in [0.2, 0.25) is 5.91 Å². The van der Waals surface area contributed by atoms with Gasteiger partial charge in [-0.1, -0.05) is 11.8 Å². The predicted molar refractivity (Wildman–Crippen MR) is 68.5 cm³/mol. The van der Waals surface area contributed by atoms with Crippen LogP contribution in [0, 0.1) is 20.8 Å². The minimum absolute atomic E-state index is 0.136. The highest BCUT2D eigenvalue weighted by Crippen LogP contribution is 2.18. The molecule has 1 amide bonds. The van der Waals surface area contributed by atoms with E-state index < -0.39 is 0 Å². The summed E-state index contributed by atoms with van der Waals surface area (Å²) < 4.78 is 0. The number of hydrogen-bond donors (Lipinski definition) is 2. The van der Waals surface area contributed by atoms with Crippen LogP contribution in [0.4, 0.5) is 0 Å². The normalized spacial score (nSPS) is 10.4. The molecule has 0 atom stereocenters. The summed E-state index contributed by atoms with van der Waals surface area (Å²) in [7, 11) is 0. The molecule has 0 unspecified atom stereocenters. The molecule has 6 heteroatoms. The van der Waals surface area contributed by atoms with Gasteiger partial charge in [-0.05, 0) is 32.8 Å². The maximum atomic E-state index is 10.9. The van der Waals surface area contributed by atoms with E-state index in [1.807, 2.05) is 20.8 Å². The van der Waals surface area contributed by atoms with Crippen molar-refractivity contribution in [2.75, 3.05) is 5.75 Å². The van der Waals surface area contributed by atoms with Crippen LogP contribution in [0.2, 0.25) is 0 Å². The summed E-state index contributed by atoms with van der Waals surface area (Å²) in [5.74, 6) is 5.67. The topological polar surface area (TPSA) is 80.9 Å². The van der Waals surface area contributed by atoms with Crippen LogP contribution in [-0.4, -0.2) is 21.6 Å². The number of nitrogens with zero attached hydrogens (tertiary/aromatic N) is 2. The van der Waals surface area contributed by atoms with Crippen LogP contribution < -0.4 is 11.3 Å². The summed E-state index contributed by atoms with van der Waals surface area (Å²) in [5, 5.41) is 0.777. The number of hydrazine groups is 1. The zero-order valence-electron chi connectivity index (χ0n) is 10.4. The Labute approximate surface area is 106 Å². The standard InChI is InChI=1S/C11H18N4OS/c1-7-8(2)13-11(14-9(7)3)17-6-4-5-10(16)15-12/h4-6,12H2,1-3H3,(H,15,16). The van der Waals surface area contributed by atoms with E-state index in [4.69, 9.17) is 5.84 Å². The molecule has 1 aromatic rings. The molecule has 5 nitrogen and oxygen atoms in total. The van der Waals surface area contributed by atoms with Crippen molar-refractivity contribution in [1.82, 2.24) is 15.4 Å². The van der Waals surface area contributed by atoms with Crippen LogP contribution in [0.25, 0.3) is 0 Å². The maximum absolute atomic E-state index is 10.9. The minimum Gasteiger partial charge on any atom is -0.294 e. The van der Waals surface area contributed by atoms with E-state index in [-0.39, 0.29) is 5.91 Å². The third-order valence-corrected chi connectivity index (χ3v) is 3.49. The van der Waals surface area contributed by atoms with Crippen molar-refractivity contribution in [3.63, 3.8) is 0 Å². The average Bonchev–Trinajstić information content (AvgIpc) is 2.31. The lowest BCUT2D eigenvalue weighted by Gasteiger charge is -2.06. The highest BCUT2D eigenvalue weighted by molar-refractivity contribution is 7.99. The number of aromatic nitrogens is 2. The highest BCUT2D eigenvalue weighted by Gasteiger charge is 2.05. The van der Waals surface area contributed by atoms with Crippen LogP contribution >= 0.6 is 11.8 Å². The smallest absolute Gasteiger partial charge is 0.233 e. The Hall–Kier alpha value is -1.14. The number of nitrogens with two attached hydrogens (primary N) is 1. The number of amides is 1. The number of hydrogen-bond acceptors (Lipinski definition) is 5.